The zero-order valence-corrected chi connectivity index (χ0v) is 13.6. The van der Waals surface area contributed by atoms with Crippen molar-refractivity contribution in [3.05, 3.63) is 88.6 Å². The average Bonchev–Trinajstić information content (AvgIpc) is 3.17. The van der Waals surface area contributed by atoms with Crippen LogP contribution in [0.1, 0.15) is 20.0 Å². The second-order valence-electron chi connectivity index (χ2n) is 5.12. The number of hydrogen-bond donors (Lipinski definition) is 2. The van der Waals surface area contributed by atoms with Crippen LogP contribution in [-0.2, 0) is 0 Å². The van der Waals surface area contributed by atoms with Crippen LogP contribution in [0.15, 0.2) is 78.2 Å². The molecule has 0 radical (unpaired) electrons. The molecular formula is C19H16N2O2S. The van der Waals surface area contributed by atoms with Crippen LogP contribution in [0, 0.1) is 0 Å². The molecule has 3 aromatic rings. The summed E-state index contributed by atoms with van der Waals surface area (Å²) in [5, 5.41) is 7.70. The van der Waals surface area contributed by atoms with E-state index in [1.54, 1.807) is 36.4 Å². The molecule has 1 aromatic heterocycles. The first-order valence-corrected chi connectivity index (χ1v) is 8.37. The highest BCUT2D eigenvalue weighted by Crippen LogP contribution is 2.13. The molecule has 0 aliphatic carbocycles. The monoisotopic (exact) mass is 336 g/mol. The molecule has 0 aliphatic rings. The van der Waals surface area contributed by atoms with Crippen molar-refractivity contribution in [2.45, 2.75) is 6.17 Å². The molecule has 1 heterocycles. The molecule has 1 atom stereocenters. The smallest absolute Gasteiger partial charge is 0.263 e. The van der Waals surface area contributed by atoms with Crippen LogP contribution < -0.4 is 10.6 Å². The fourth-order valence-corrected chi connectivity index (χ4v) is 2.87. The number of Topliss-reactive ketones (excluding diaryl/α,β-unsaturated/α-hetero) is 1. The Hall–Kier alpha value is -2.92. The van der Waals surface area contributed by atoms with Gasteiger partial charge < -0.3 is 10.6 Å². The molecule has 24 heavy (non-hydrogen) atoms. The molecule has 0 fully saturated rings. The number of carbonyl (C=O) groups excluding carboxylic acids is 2. The Balaban J connectivity index is 1.83. The van der Waals surface area contributed by atoms with E-state index < -0.39 is 6.17 Å². The highest BCUT2D eigenvalue weighted by molar-refractivity contribution is 7.12. The quantitative estimate of drug-likeness (QED) is 0.532. The predicted octanol–water partition coefficient (Wildman–Crippen LogP) is 3.80. The molecular weight excluding hydrogens is 320 g/mol. The van der Waals surface area contributed by atoms with Gasteiger partial charge >= 0.3 is 0 Å². The minimum Gasteiger partial charge on any atom is -0.359 e. The minimum absolute atomic E-state index is 0.190. The van der Waals surface area contributed by atoms with E-state index in [0.29, 0.717) is 10.4 Å². The van der Waals surface area contributed by atoms with Crippen molar-refractivity contribution >= 4 is 28.7 Å². The number of para-hydroxylation sites is 1. The number of thiophene rings is 1. The Labute approximate surface area is 144 Å². The van der Waals surface area contributed by atoms with Crippen LogP contribution in [0.3, 0.4) is 0 Å². The predicted molar refractivity (Wildman–Crippen MR) is 96.4 cm³/mol. The van der Waals surface area contributed by atoms with Crippen LogP contribution in [0.2, 0.25) is 0 Å². The fraction of sp³-hybridized carbons (Fsp3) is 0.0526. The van der Waals surface area contributed by atoms with Gasteiger partial charge in [-0.1, -0.05) is 54.6 Å². The van der Waals surface area contributed by atoms with Gasteiger partial charge in [-0.15, -0.1) is 11.3 Å². The minimum atomic E-state index is -0.843. The van der Waals surface area contributed by atoms with Gasteiger partial charge in [-0.2, -0.15) is 0 Å². The summed E-state index contributed by atoms with van der Waals surface area (Å²) in [6, 6.07) is 21.8. The summed E-state index contributed by atoms with van der Waals surface area (Å²) in [5.41, 5.74) is 1.30. The molecule has 1 amide bonds. The van der Waals surface area contributed by atoms with Crippen molar-refractivity contribution in [3.63, 3.8) is 0 Å². The van der Waals surface area contributed by atoms with Crippen molar-refractivity contribution in [3.8, 4) is 0 Å². The van der Waals surface area contributed by atoms with E-state index in [4.69, 9.17) is 0 Å². The number of carbonyl (C=O) groups is 2. The van der Waals surface area contributed by atoms with E-state index in [-0.39, 0.29) is 11.7 Å². The van der Waals surface area contributed by atoms with Gasteiger partial charge in [-0.25, -0.2) is 0 Å². The van der Waals surface area contributed by atoms with Crippen LogP contribution in [0.25, 0.3) is 0 Å². The molecule has 3 rings (SSSR count). The zero-order chi connectivity index (χ0) is 16.8. The number of anilines is 1. The lowest BCUT2D eigenvalue weighted by atomic mass is 10.1. The van der Waals surface area contributed by atoms with Crippen LogP contribution in [0.5, 0.6) is 0 Å². The number of rotatable bonds is 6. The highest BCUT2D eigenvalue weighted by atomic mass is 32.1. The van der Waals surface area contributed by atoms with Crippen molar-refractivity contribution in [1.82, 2.24) is 5.32 Å². The SMILES string of the molecule is O=C(N[C@@H](Nc1ccccc1)C(=O)c1ccccc1)c1cccs1. The lowest BCUT2D eigenvalue weighted by molar-refractivity contribution is 0.0872. The van der Waals surface area contributed by atoms with Crippen molar-refractivity contribution in [1.29, 1.82) is 0 Å². The molecule has 0 aliphatic heterocycles. The number of nitrogens with one attached hydrogen (secondary N) is 2. The van der Waals surface area contributed by atoms with E-state index in [1.807, 2.05) is 41.8 Å². The molecule has 120 valence electrons. The van der Waals surface area contributed by atoms with Gasteiger partial charge in [0.05, 0.1) is 4.88 Å². The second-order valence-corrected chi connectivity index (χ2v) is 6.07. The Morgan fingerprint density at radius 2 is 1.50 bits per heavy atom. The Morgan fingerprint density at radius 1 is 0.833 bits per heavy atom. The summed E-state index contributed by atoms with van der Waals surface area (Å²) < 4.78 is 0. The molecule has 5 heteroatoms. The first-order chi connectivity index (χ1) is 11.7. The van der Waals surface area contributed by atoms with Gasteiger partial charge in [-0.3, -0.25) is 9.59 Å². The van der Waals surface area contributed by atoms with E-state index in [1.165, 1.54) is 11.3 Å². The van der Waals surface area contributed by atoms with Crippen molar-refractivity contribution < 1.29 is 9.59 Å². The van der Waals surface area contributed by atoms with Crippen LogP contribution in [-0.4, -0.2) is 17.9 Å². The van der Waals surface area contributed by atoms with Gasteiger partial charge in [0, 0.05) is 11.3 Å². The summed E-state index contributed by atoms with van der Waals surface area (Å²) in [6.07, 6.45) is -0.843. The third kappa shape index (κ3) is 3.88. The third-order valence-electron chi connectivity index (χ3n) is 3.43. The summed E-state index contributed by atoms with van der Waals surface area (Å²) in [4.78, 5) is 25.7. The summed E-state index contributed by atoms with van der Waals surface area (Å²) >= 11 is 1.34. The van der Waals surface area contributed by atoms with E-state index in [2.05, 4.69) is 10.6 Å². The second kappa shape index (κ2) is 7.57. The maximum absolute atomic E-state index is 12.8. The summed E-state index contributed by atoms with van der Waals surface area (Å²) in [6.45, 7) is 0. The molecule has 2 aromatic carbocycles. The normalized spacial score (nSPS) is 11.5. The standard InChI is InChI=1S/C19H16N2O2S/c22-17(14-8-3-1-4-9-14)18(20-15-10-5-2-6-11-15)21-19(23)16-12-7-13-24-16/h1-13,18,20H,(H,21,23)/t18-/m1/s1. The number of ketones is 1. The highest BCUT2D eigenvalue weighted by Gasteiger charge is 2.22. The van der Waals surface area contributed by atoms with Gasteiger partial charge in [0.15, 0.2) is 6.17 Å². The maximum atomic E-state index is 12.8. The molecule has 0 spiro atoms. The van der Waals surface area contributed by atoms with E-state index in [9.17, 15) is 9.59 Å². The van der Waals surface area contributed by atoms with Crippen molar-refractivity contribution in [2.75, 3.05) is 5.32 Å². The molecule has 0 saturated heterocycles. The molecule has 0 unspecified atom stereocenters. The van der Waals surface area contributed by atoms with Crippen LogP contribution >= 0.6 is 11.3 Å². The molecule has 4 nitrogen and oxygen atoms in total. The summed E-state index contributed by atoms with van der Waals surface area (Å²) in [5.74, 6) is -0.466. The lowest BCUT2D eigenvalue weighted by Gasteiger charge is -2.20. The van der Waals surface area contributed by atoms with Gasteiger partial charge in [-0.05, 0) is 23.6 Å². The van der Waals surface area contributed by atoms with Gasteiger partial charge in [0.2, 0.25) is 5.78 Å². The molecule has 0 bridgehead atoms. The Kier molecular flexibility index (Phi) is 5.03. The maximum Gasteiger partial charge on any atom is 0.263 e. The number of amides is 1. The lowest BCUT2D eigenvalue weighted by Crippen LogP contribution is -2.46. The number of benzene rings is 2. The molecule has 0 saturated carbocycles. The summed E-state index contributed by atoms with van der Waals surface area (Å²) in [7, 11) is 0. The van der Waals surface area contributed by atoms with Gasteiger partial charge in [0.25, 0.3) is 5.91 Å². The zero-order valence-electron chi connectivity index (χ0n) is 12.8. The topological polar surface area (TPSA) is 58.2 Å². The largest absolute Gasteiger partial charge is 0.359 e. The first kappa shape index (κ1) is 16.0. The third-order valence-corrected chi connectivity index (χ3v) is 4.29. The Bertz CT molecular complexity index is 802. The van der Waals surface area contributed by atoms with Gasteiger partial charge in [0.1, 0.15) is 0 Å². The first-order valence-electron chi connectivity index (χ1n) is 7.49. The fourth-order valence-electron chi connectivity index (χ4n) is 2.25. The van der Waals surface area contributed by atoms with Crippen LogP contribution in [0.4, 0.5) is 5.69 Å². The molecule has 2 N–H and O–H groups in total. The average molecular weight is 336 g/mol. The number of hydrogen-bond acceptors (Lipinski definition) is 4. The Morgan fingerprint density at radius 3 is 2.12 bits per heavy atom. The van der Waals surface area contributed by atoms with Crippen molar-refractivity contribution in [2.24, 2.45) is 0 Å². The van der Waals surface area contributed by atoms with E-state index >= 15 is 0 Å². The van der Waals surface area contributed by atoms with E-state index in [0.717, 1.165) is 5.69 Å².